The van der Waals surface area contributed by atoms with Gasteiger partial charge in [-0.25, -0.2) is 9.59 Å². The van der Waals surface area contributed by atoms with Crippen LogP contribution >= 0.6 is 0 Å². The van der Waals surface area contributed by atoms with Gasteiger partial charge in [0.25, 0.3) is 0 Å². The lowest BCUT2D eigenvalue weighted by molar-refractivity contribution is -0.107. The molecule has 0 atom stereocenters. The number of fused-ring (bicyclic) bond motifs is 3. The van der Waals surface area contributed by atoms with Crippen LogP contribution in [0.2, 0.25) is 0 Å². The van der Waals surface area contributed by atoms with Gasteiger partial charge in [0.2, 0.25) is 0 Å². The van der Waals surface area contributed by atoms with E-state index >= 15 is 0 Å². The van der Waals surface area contributed by atoms with Crippen LogP contribution in [0, 0.1) is 0 Å². The normalized spacial score (nSPS) is 11.9. The second-order valence-electron chi connectivity index (χ2n) is 7.63. The minimum Gasteiger partial charge on any atom is -0.449 e. The number of ether oxygens (including phenoxy) is 2. The van der Waals surface area contributed by atoms with Crippen molar-refractivity contribution in [3.63, 3.8) is 0 Å². The Morgan fingerprint density at radius 2 is 1.50 bits per heavy atom. The van der Waals surface area contributed by atoms with E-state index in [9.17, 15) is 14.4 Å². The first kappa shape index (κ1) is 22.9. The Hall–Kier alpha value is -3.35. The maximum atomic E-state index is 11.3. The monoisotopic (exact) mass is 412 g/mol. The van der Waals surface area contributed by atoms with E-state index in [2.05, 4.69) is 34.9 Å². The summed E-state index contributed by atoms with van der Waals surface area (Å²) in [4.78, 5) is 31.8. The van der Waals surface area contributed by atoms with E-state index in [1.807, 2.05) is 24.3 Å². The molecular weight excluding hydrogens is 384 g/mol. The molecule has 160 valence electrons. The average Bonchev–Trinajstić information content (AvgIpc) is 3.03. The topological polar surface area (TPSA) is 93.7 Å². The number of alkyl carbamates (subject to hydrolysis) is 2. The molecule has 1 aliphatic carbocycles. The molecule has 7 heteroatoms. The van der Waals surface area contributed by atoms with Gasteiger partial charge in [0.15, 0.2) is 0 Å². The summed E-state index contributed by atoms with van der Waals surface area (Å²) >= 11 is 0. The van der Waals surface area contributed by atoms with Crippen molar-refractivity contribution in [2.24, 2.45) is 0 Å². The molecule has 2 N–H and O–H groups in total. The first-order valence-electron chi connectivity index (χ1n) is 9.70. The fraction of sp³-hybridized carbons (Fsp3) is 0.348. The Bertz CT molecular complexity index is 844. The molecule has 0 spiro atoms. The summed E-state index contributed by atoms with van der Waals surface area (Å²) in [6, 6.07) is 16.6. The highest BCUT2D eigenvalue weighted by molar-refractivity contribution is 5.79. The van der Waals surface area contributed by atoms with E-state index in [4.69, 9.17) is 9.47 Å². The van der Waals surface area contributed by atoms with E-state index in [0.29, 0.717) is 12.9 Å². The highest BCUT2D eigenvalue weighted by Crippen LogP contribution is 2.44. The number of carbonyl (C=O) groups is 3. The molecule has 0 radical (unpaired) electrons. The fourth-order valence-electron chi connectivity index (χ4n) is 3.11. The molecule has 0 bridgehead atoms. The molecule has 0 fully saturated rings. The van der Waals surface area contributed by atoms with E-state index in [1.165, 1.54) is 22.3 Å². The molecule has 1 aliphatic rings. The third-order valence-corrected chi connectivity index (χ3v) is 4.28. The molecule has 0 saturated heterocycles. The first-order chi connectivity index (χ1) is 14.3. The van der Waals surface area contributed by atoms with Crippen LogP contribution in [-0.2, 0) is 14.3 Å². The summed E-state index contributed by atoms with van der Waals surface area (Å²) in [7, 11) is 1.57. The van der Waals surface area contributed by atoms with Gasteiger partial charge in [0.1, 0.15) is 18.5 Å². The zero-order valence-electron chi connectivity index (χ0n) is 17.7. The van der Waals surface area contributed by atoms with Crippen molar-refractivity contribution >= 4 is 18.5 Å². The molecule has 0 aromatic heterocycles. The van der Waals surface area contributed by atoms with Crippen molar-refractivity contribution in [3.05, 3.63) is 59.7 Å². The Morgan fingerprint density at radius 3 is 1.97 bits per heavy atom. The molecule has 2 amide bonds. The van der Waals surface area contributed by atoms with Crippen LogP contribution in [-0.4, -0.2) is 44.3 Å². The van der Waals surface area contributed by atoms with Crippen LogP contribution in [0.15, 0.2) is 48.5 Å². The molecular formula is C23H28N2O5. The number of amides is 2. The van der Waals surface area contributed by atoms with Gasteiger partial charge in [-0.3, -0.25) is 0 Å². The Morgan fingerprint density at radius 1 is 0.967 bits per heavy atom. The standard InChI is InChI=1S/C16H15NO2.C7H13NO3/c1-17-16(18)19-10-15-13-8-4-2-6-11(13)12-7-3-5-9-14(12)15;1-7(2,3)11-6(10)8-4-5-9/h2-9,15H,10H2,1H3,(H,17,18);5H,4H2,1-3H3,(H,8,10). The van der Waals surface area contributed by atoms with Crippen molar-refractivity contribution in [3.8, 4) is 11.1 Å². The van der Waals surface area contributed by atoms with Crippen molar-refractivity contribution in [2.45, 2.75) is 32.3 Å². The number of rotatable bonds is 4. The third kappa shape index (κ3) is 6.34. The van der Waals surface area contributed by atoms with Crippen LogP contribution in [0.4, 0.5) is 9.59 Å². The molecule has 30 heavy (non-hydrogen) atoms. The van der Waals surface area contributed by atoms with Crippen molar-refractivity contribution in [1.29, 1.82) is 0 Å². The molecule has 3 rings (SSSR count). The van der Waals surface area contributed by atoms with Gasteiger partial charge >= 0.3 is 12.2 Å². The maximum absolute atomic E-state index is 11.3. The second kappa shape index (κ2) is 10.4. The summed E-state index contributed by atoms with van der Waals surface area (Å²) in [6.45, 7) is 5.64. The molecule has 7 nitrogen and oxygen atoms in total. The number of carbonyl (C=O) groups excluding carboxylic acids is 3. The van der Waals surface area contributed by atoms with E-state index in [-0.39, 0.29) is 18.6 Å². The zero-order chi connectivity index (χ0) is 22.1. The van der Waals surface area contributed by atoms with E-state index in [1.54, 1.807) is 27.8 Å². The van der Waals surface area contributed by atoms with Gasteiger partial charge in [0.05, 0.1) is 6.54 Å². The van der Waals surface area contributed by atoms with Gasteiger partial charge in [0, 0.05) is 13.0 Å². The highest BCUT2D eigenvalue weighted by atomic mass is 16.6. The minimum absolute atomic E-state index is 0.00505. The minimum atomic E-state index is -0.565. The van der Waals surface area contributed by atoms with Crippen molar-refractivity contribution in [1.82, 2.24) is 10.6 Å². The fourth-order valence-corrected chi connectivity index (χ4v) is 3.11. The number of nitrogens with one attached hydrogen (secondary N) is 2. The molecule has 0 saturated carbocycles. The van der Waals surface area contributed by atoms with Crippen LogP contribution in [0.25, 0.3) is 11.1 Å². The largest absolute Gasteiger partial charge is 0.449 e. The van der Waals surface area contributed by atoms with Crippen LogP contribution in [0.3, 0.4) is 0 Å². The van der Waals surface area contributed by atoms with E-state index < -0.39 is 11.7 Å². The predicted molar refractivity (Wildman–Crippen MR) is 114 cm³/mol. The number of hydrogen-bond donors (Lipinski definition) is 2. The Labute approximate surface area is 176 Å². The van der Waals surface area contributed by atoms with Crippen molar-refractivity contribution in [2.75, 3.05) is 20.2 Å². The quantitative estimate of drug-likeness (QED) is 0.744. The predicted octanol–water partition coefficient (Wildman–Crippen LogP) is 3.86. The summed E-state index contributed by atoms with van der Waals surface area (Å²) in [5, 5.41) is 4.74. The number of benzene rings is 2. The van der Waals surface area contributed by atoms with Crippen LogP contribution < -0.4 is 10.6 Å². The lowest BCUT2D eigenvalue weighted by Gasteiger charge is -2.18. The molecule has 2 aromatic rings. The third-order valence-electron chi connectivity index (χ3n) is 4.28. The Kier molecular flexibility index (Phi) is 7.98. The summed E-state index contributed by atoms with van der Waals surface area (Å²) < 4.78 is 10.1. The first-order valence-corrected chi connectivity index (χ1v) is 9.70. The van der Waals surface area contributed by atoms with Gasteiger partial charge in [-0.05, 0) is 43.0 Å². The SMILES string of the molecule is CC(C)(C)OC(=O)NCC=O.CNC(=O)OCC1c2ccccc2-c2ccccc21. The second-order valence-corrected chi connectivity index (χ2v) is 7.63. The number of aldehydes is 1. The van der Waals surface area contributed by atoms with Gasteiger partial charge in [-0.15, -0.1) is 0 Å². The molecule has 0 unspecified atom stereocenters. The highest BCUT2D eigenvalue weighted by Gasteiger charge is 2.28. The molecule has 2 aromatic carbocycles. The van der Waals surface area contributed by atoms with Gasteiger partial charge in [-0.2, -0.15) is 0 Å². The number of hydrogen-bond acceptors (Lipinski definition) is 5. The summed E-state index contributed by atoms with van der Waals surface area (Å²) in [5.41, 5.74) is 4.43. The summed E-state index contributed by atoms with van der Waals surface area (Å²) in [6.07, 6.45) is -0.351. The lowest BCUT2D eigenvalue weighted by atomic mass is 9.98. The van der Waals surface area contributed by atoms with E-state index in [0.717, 1.165) is 0 Å². The zero-order valence-corrected chi connectivity index (χ0v) is 17.7. The lowest BCUT2D eigenvalue weighted by Crippen LogP contribution is -2.33. The van der Waals surface area contributed by atoms with Crippen LogP contribution in [0.1, 0.15) is 37.8 Å². The van der Waals surface area contributed by atoms with Gasteiger partial charge in [-0.1, -0.05) is 48.5 Å². The molecule has 0 heterocycles. The Balaban J connectivity index is 0.000000252. The van der Waals surface area contributed by atoms with Crippen LogP contribution in [0.5, 0.6) is 0 Å². The maximum Gasteiger partial charge on any atom is 0.408 e. The average molecular weight is 412 g/mol. The molecule has 0 aliphatic heterocycles. The van der Waals surface area contributed by atoms with Crippen molar-refractivity contribution < 1.29 is 23.9 Å². The summed E-state index contributed by atoms with van der Waals surface area (Å²) in [5.74, 6) is 0.129. The smallest absolute Gasteiger partial charge is 0.408 e. The van der Waals surface area contributed by atoms with Gasteiger partial charge < -0.3 is 24.9 Å².